The molecule has 1 aromatic rings. The van der Waals surface area contributed by atoms with E-state index in [0.717, 1.165) is 43.2 Å². The molecule has 0 saturated heterocycles. The lowest BCUT2D eigenvalue weighted by molar-refractivity contribution is -0.143. The average Bonchev–Trinajstić information content (AvgIpc) is 3.63. The maximum atomic E-state index is 14.0. The number of nitrogens with zero attached hydrogens (tertiary/aromatic N) is 1. The first-order valence-electron chi connectivity index (χ1n) is 13.3. The second-order valence-electron chi connectivity index (χ2n) is 10.9. The third kappa shape index (κ3) is 9.70. The van der Waals surface area contributed by atoms with E-state index in [1.54, 1.807) is 25.7 Å². The van der Waals surface area contributed by atoms with E-state index in [0.29, 0.717) is 12.1 Å². The number of unbranched alkanes of at least 4 members (excludes halogenated alkanes) is 2. The molecule has 0 heterocycles. The van der Waals surface area contributed by atoms with Crippen molar-refractivity contribution < 1.29 is 23.9 Å². The van der Waals surface area contributed by atoms with Crippen molar-refractivity contribution in [3.8, 4) is 0 Å². The van der Waals surface area contributed by atoms with E-state index in [-0.39, 0.29) is 24.8 Å². The first-order valence-corrected chi connectivity index (χ1v) is 13.3. The molecule has 2 atom stereocenters. The molecule has 0 spiro atoms. The van der Waals surface area contributed by atoms with Crippen LogP contribution in [-0.4, -0.2) is 52.9 Å². The van der Waals surface area contributed by atoms with Crippen LogP contribution in [0.3, 0.4) is 0 Å². The average molecular weight is 517 g/mol. The Labute approximate surface area is 220 Å². The molecule has 0 radical (unpaired) electrons. The van der Waals surface area contributed by atoms with Gasteiger partial charge in [0.25, 0.3) is 0 Å². The van der Waals surface area contributed by atoms with Crippen molar-refractivity contribution in [1.82, 2.24) is 15.5 Å². The molecule has 1 aromatic carbocycles. The van der Waals surface area contributed by atoms with Crippen molar-refractivity contribution in [2.75, 3.05) is 6.54 Å². The summed E-state index contributed by atoms with van der Waals surface area (Å²) < 4.78 is 5.36. The Balaban J connectivity index is 2.42. The van der Waals surface area contributed by atoms with Gasteiger partial charge in [0, 0.05) is 19.0 Å². The van der Waals surface area contributed by atoms with Gasteiger partial charge in [0.2, 0.25) is 17.7 Å². The highest BCUT2D eigenvalue weighted by Gasteiger charge is 2.44. The zero-order valence-corrected chi connectivity index (χ0v) is 23.2. The molecule has 1 aliphatic carbocycles. The molecule has 1 saturated carbocycles. The number of nitrogens with one attached hydrogen (secondary N) is 2. The van der Waals surface area contributed by atoms with Crippen LogP contribution in [0.2, 0.25) is 0 Å². The molecular formula is C28H44N4O5. The fourth-order valence-corrected chi connectivity index (χ4v) is 4.10. The summed E-state index contributed by atoms with van der Waals surface area (Å²) in [6.07, 6.45) is 3.53. The molecule has 1 fully saturated rings. The number of alkyl carbamates (subject to hydrolysis) is 1. The minimum atomic E-state index is -1.06. The summed E-state index contributed by atoms with van der Waals surface area (Å²) >= 11 is 0. The molecule has 9 nitrogen and oxygen atoms in total. The van der Waals surface area contributed by atoms with Gasteiger partial charge in [0.15, 0.2) is 0 Å². The summed E-state index contributed by atoms with van der Waals surface area (Å²) in [6, 6.07) is 3.69. The van der Waals surface area contributed by atoms with Crippen LogP contribution in [0, 0.1) is 13.8 Å². The van der Waals surface area contributed by atoms with E-state index in [1.807, 2.05) is 32.0 Å². The maximum absolute atomic E-state index is 14.0. The van der Waals surface area contributed by atoms with Crippen molar-refractivity contribution in [3.05, 3.63) is 34.9 Å². The normalized spacial score (nSPS) is 14.9. The van der Waals surface area contributed by atoms with Crippen LogP contribution in [0.15, 0.2) is 18.2 Å². The summed E-state index contributed by atoms with van der Waals surface area (Å²) in [5.41, 5.74) is 7.40. The lowest BCUT2D eigenvalue weighted by atomic mass is 9.97. The Morgan fingerprint density at radius 3 is 2.32 bits per heavy atom. The van der Waals surface area contributed by atoms with Gasteiger partial charge in [-0.25, -0.2) is 4.79 Å². The predicted octanol–water partition coefficient (Wildman–Crippen LogP) is 3.80. The minimum Gasteiger partial charge on any atom is -0.444 e. The predicted molar refractivity (Wildman–Crippen MR) is 143 cm³/mol. The molecule has 1 aliphatic rings. The Morgan fingerprint density at radius 1 is 1.11 bits per heavy atom. The van der Waals surface area contributed by atoms with Crippen molar-refractivity contribution >= 4 is 23.8 Å². The molecule has 4 N–H and O–H groups in total. The highest BCUT2D eigenvalue weighted by atomic mass is 16.6. The number of ether oxygens (including phenoxy) is 1. The van der Waals surface area contributed by atoms with Crippen LogP contribution in [0.4, 0.5) is 4.79 Å². The van der Waals surface area contributed by atoms with Crippen molar-refractivity contribution in [2.24, 2.45) is 5.73 Å². The maximum Gasteiger partial charge on any atom is 0.408 e. The van der Waals surface area contributed by atoms with Gasteiger partial charge >= 0.3 is 6.09 Å². The van der Waals surface area contributed by atoms with Gasteiger partial charge in [-0.15, -0.1) is 0 Å². The molecule has 0 aliphatic heterocycles. The Morgan fingerprint density at radius 2 is 1.78 bits per heavy atom. The number of amides is 4. The molecule has 0 bridgehead atoms. The van der Waals surface area contributed by atoms with Gasteiger partial charge in [-0.3, -0.25) is 14.4 Å². The van der Waals surface area contributed by atoms with Gasteiger partial charge in [-0.05, 0) is 77.0 Å². The van der Waals surface area contributed by atoms with Gasteiger partial charge in [-0.1, -0.05) is 38.0 Å². The van der Waals surface area contributed by atoms with Crippen LogP contribution >= 0.6 is 0 Å². The lowest BCUT2D eigenvalue weighted by Gasteiger charge is -2.35. The third-order valence-corrected chi connectivity index (χ3v) is 6.32. The number of hydrogen-bond acceptors (Lipinski definition) is 5. The number of rotatable bonds is 13. The molecule has 4 amide bonds. The minimum absolute atomic E-state index is 0.00833. The second-order valence-corrected chi connectivity index (χ2v) is 10.9. The highest BCUT2D eigenvalue weighted by Crippen LogP contribution is 2.36. The number of aryl methyl sites for hydroxylation is 2. The molecule has 0 aromatic heterocycles. The largest absolute Gasteiger partial charge is 0.444 e. The van der Waals surface area contributed by atoms with Crippen LogP contribution in [0.1, 0.15) is 95.4 Å². The van der Waals surface area contributed by atoms with Crippen LogP contribution < -0.4 is 16.4 Å². The summed E-state index contributed by atoms with van der Waals surface area (Å²) in [4.78, 5) is 53.3. The van der Waals surface area contributed by atoms with Gasteiger partial charge < -0.3 is 26.0 Å². The summed E-state index contributed by atoms with van der Waals surface area (Å²) in [7, 11) is 0. The van der Waals surface area contributed by atoms with E-state index >= 15 is 0 Å². The SMILES string of the molecule is CCCCCNC(=O)C(c1ccc(C)c(C)c1)N(C(=O)C(CCC(N)=O)NC(=O)OC(C)(C)C)C1CC1. The smallest absolute Gasteiger partial charge is 0.408 e. The quantitative estimate of drug-likeness (QED) is 0.343. The fraction of sp³-hybridized carbons (Fsp3) is 0.643. The standard InChI is InChI=1S/C28H44N4O5/c1-7-8-9-16-30-25(34)24(20-11-10-18(2)19(3)17-20)32(21-12-13-21)26(35)22(14-15-23(29)33)31-27(36)37-28(4,5)6/h10-11,17,21-22,24H,7-9,12-16H2,1-6H3,(H2,29,33)(H,30,34)(H,31,36). The van der Waals surface area contributed by atoms with Crippen molar-refractivity contribution in [1.29, 1.82) is 0 Å². The van der Waals surface area contributed by atoms with Crippen molar-refractivity contribution in [2.45, 2.75) is 110 Å². The van der Waals surface area contributed by atoms with E-state index in [2.05, 4.69) is 17.6 Å². The number of primary amides is 1. The molecule has 37 heavy (non-hydrogen) atoms. The van der Waals surface area contributed by atoms with E-state index in [4.69, 9.17) is 10.5 Å². The van der Waals surface area contributed by atoms with Crippen molar-refractivity contribution in [3.63, 3.8) is 0 Å². The molecule has 2 unspecified atom stereocenters. The number of nitrogens with two attached hydrogens (primary N) is 1. The zero-order chi connectivity index (χ0) is 27.8. The fourth-order valence-electron chi connectivity index (χ4n) is 4.10. The third-order valence-electron chi connectivity index (χ3n) is 6.32. The monoisotopic (exact) mass is 516 g/mol. The number of benzene rings is 1. The summed E-state index contributed by atoms with van der Waals surface area (Å²) in [6.45, 7) is 11.7. The Hall–Kier alpha value is -3.10. The second kappa shape index (κ2) is 13.4. The van der Waals surface area contributed by atoms with Gasteiger partial charge in [0.1, 0.15) is 17.7 Å². The van der Waals surface area contributed by atoms with Gasteiger partial charge in [-0.2, -0.15) is 0 Å². The number of carbonyl (C=O) groups excluding carboxylic acids is 4. The lowest BCUT2D eigenvalue weighted by Crippen LogP contribution is -2.54. The first kappa shape index (κ1) is 30.1. The number of hydrogen-bond donors (Lipinski definition) is 3. The van der Waals surface area contributed by atoms with E-state index in [9.17, 15) is 19.2 Å². The number of carbonyl (C=O) groups is 4. The molecular weight excluding hydrogens is 472 g/mol. The van der Waals surface area contributed by atoms with Crippen LogP contribution in [0.25, 0.3) is 0 Å². The van der Waals surface area contributed by atoms with Crippen LogP contribution in [-0.2, 0) is 19.1 Å². The summed E-state index contributed by atoms with van der Waals surface area (Å²) in [5, 5.41) is 5.64. The first-order chi connectivity index (χ1) is 17.3. The summed E-state index contributed by atoms with van der Waals surface area (Å²) in [5.74, 6) is -1.27. The Bertz CT molecular complexity index is 968. The van der Waals surface area contributed by atoms with E-state index in [1.165, 1.54) is 0 Å². The molecule has 2 rings (SSSR count). The van der Waals surface area contributed by atoms with E-state index < -0.39 is 35.6 Å². The van der Waals surface area contributed by atoms with Gasteiger partial charge in [0.05, 0.1) is 0 Å². The molecule has 9 heteroatoms. The highest BCUT2D eigenvalue weighted by molar-refractivity contribution is 5.93. The topological polar surface area (TPSA) is 131 Å². The zero-order valence-electron chi connectivity index (χ0n) is 23.2. The molecule has 206 valence electrons. The Kier molecular flexibility index (Phi) is 10.9. The van der Waals surface area contributed by atoms with Crippen LogP contribution in [0.5, 0.6) is 0 Å².